The second-order valence-corrected chi connectivity index (χ2v) is 8.98. The van der Waals surface area contributed by atoms with Gasteiger partial charge in [0.15, 0.2) is 0 Å². The number of hydrogen-bond donors (Lipinski definition) is 1. The monoisotopic (exact) mass is 457 g/mol. The number of fused-ring (bicyclic) bond motifs is 1. The molecule has 6 heteroatoms. The van der Waals surface area contributed by atoms with E-state index in [4.69, 9.17) is 9.47 Å². The van der Waals surface area contributed by atoms with E-state index in [1.54, 1.807) is 7.11 Å². The topological polar surface area (TPSA) is 67.5 Å². The SMILES string of the molecule is COC(=O)c1cccc2[nH]c(C(C(C)C)N(C)C)c(-c3cncc(-c4cccc(OC)c4)c3)c12. The van der Waals surface area contributed by atoms with E-state index in [2.05, 4.69) is 48.9 Å². The van der Waals surface area contributed by atoms with Gasteiger partial charge in [-0.3, -0.25) is 4.98 Å². The molecule has 2 heterocycles. The number of aromatic nitrogens is 2. The maximum atomic E-state index is 12.7. The average molecular weight is 458 g/mol. The second kappa shape index (κ2) is 9.69. The van der Waals surface area contributed by atoms with Crippen LogP contribution < -0.4 is 4.74 Å². The maximum absolute atomic E-state index is 12.7. The molecule has 0 amide bonds. The van der Waals surface area contributed by atoms with E-state index in [0.717, 1.165) is 44.6 Å². The zero-order valence-corrected chi connectivity index (χ0v) is 20.5. The Balaban J connectivity index is 2.02. The number of nitrogens with zero attached hydrogens (tertiary/aromatic N) is 2. The zero-order valence-electron chi connectivity index (χ0n) is 20.5. The van der Waals surface area contributed by atoms with Crippen molar-refractivity contribution in [2.75, 3.05) is 28.3 Å². The molecule has 1 N–H and O–H groups in total. The number of methoxy groups -OCH3 is 2. The lowest BCUT2D eigenvalue weighted by Gasteiger charge is -2.28. The molecule has 0 fully saturated rings. The molecular weight excluding hydrogens is 426 g/mol. The van der Waals surface area contributed by atoms with E-state index in [1.165, 1.54) is 7.11 Å². The van der Waals surface area contributed by atoms with Crippen LogP contribution in [-0.4, -0.2) is 49.2 Å². The van der Waals surface area contributed by atoms with Crippen LogP contribution in [0.5, 0.6) is 5.75 Å². The summed E-state index contributed by atoms with van der Waals surface area (Å²) in [5.41, 5.74) is 6.37. The van der Waals surface area contributed by atoms with Crippen molar-refractivity contribution in [2.45, 2.75) is 19.9 Å². The summed E-state index contributed by atoms with van der Waals surface area (Å²) in [6.45, 7) is 4.40. The highest BCUT2D eigenvalue weighted by molar-refractivity contribution is 6.11. The van der Waals surface area contributed by atoms with E-state index in [0.29, 0.717) is 11.5 Å². The molecule has 0 aliphatic carbocycles. The minimum Gasteiger partial charge on any atom is -0.497 e. The van der Waals surface area contributed by atoms with Gasteiger partial charge >= 0.3 is 5.97 Å². The van der Waals surface area contributed by atoms with Crippen molar-refractivity contribution in [3.8, 4) is 28.0 Å². The third-order valence-electron chi connectivity index (χ3n) is 6.17. The Hall–Kier alpha value is -3.64. The standard InChI is InChI=1S/C28H31N3O3/c1-17(2)27(31(3)4)26-24(25-22(28(32)34-6)11-8-12-23(25)30-26)20-13-19(15-29-16-20)18-9-7-10-21(14-18)33-5/h7-17,27,30H,1-6H3. The van der Waals surface area contributed by atoms with Crippen LogP contribution in [0, 0.1) is 5.92 Å². The minimum absolute atomic E-state index is 0.105. The number of ether oxygens (including phenoxy) is 2. The smallest absolute Gasteiger partial charge is 0.338 e. The van der Waals surface area contributed by atoms with Crippen molar-refractivity contribution in [1.29, 1.82) is 0 Å². The van der Waals surface area contributed by atoms with Crippen molar-refractivity contribution in [2.24, 2.45) is 5.92 Å². The number of aromatic amines is 1. The fourth-order valence-electron chi connectivity index (χ4n) is 4.79. The second-order valence-electron chi connectivity index (χ2n) is 8.98. The van der Waals surface area contributed by atoms with E-state index in [-0.39, 0.29) is 12.0 Å². The van der Waals surface area contributed by atoms with Gasteiger partial charge in [-0.25, -0.2) is 4.79 Å². The van der Waals surface area contributed by atoms with Gasteiger partial charge < -0.3 is 19.4 Å². The highest BCUT2D eigenvalue weighted by Crippen LogP contribution is 2.42. The van der Waals surface area contributed by atoms with Crippen molar-refractivity contribution < 1.29 is 14.3 Å². The summed E-state index contributed by atoms with van der Waals surface area (Å²) in [5, 5.41) is 0.849. The van der Waals surface area contributed by atoms with Crippen LogP contribution in [0.2, 0.25) is 0 Å². The lowest BCUT2D eigenvalue weighted by atomic mass is 9.91. The van der Waals surface area contributed by atoms with Gasteiger partial charge in [0.1, 0.15) is 5.75 Å². The van der Waals surface area contributed by atoms with Gasteiger partial charge in [0.2, 0.25) is 0 Å². The van der Waals surface area contributed by atoms with Gasteiger partial charge in [0, 0.05) is 45.7 Å². The highest BCUT2D eigenvalue weighted by Gasteiger charge is 2.28. The first-order chi connectivity index (χ1) is 16.3. The van der Waals surface area contributed by atoms with Crippen LogP contribution in [0.25, 0.3) is 33.2 Å². The summed E-state index contributed by atoms with van der Waals surface area (Å²) >= 11 is 0. The summed E-state index contributed by atoms with van der Waals surface area (Å²) in [7, 11) is 7.22. The fourth-order valence-corrected chi connectivity index (χ4v) is 4.79. The molecule has 4 aromatic rings. The Labute approximate surface area is 200 Å². The van der Waals surface area contributed by atoms with Crippen LogP contribution >= 0.6 is 0 Å². The predicted molar refractivity (Wildman–Crippen MR) is 136 cm³/mol. The van der Waals surface area contributed by atoms with Gasteiger partial charge in [-0.15, -0.1) is 0 Å². The summed E-state index contributed by atoms with van der Waals surface area (Å²) in [5.74, 6) is 0.759. The van der Waals surface area contributed by atoms with Crippen molar-refractivity contribution >= 4 is 16.9 Å². The summed E-state index contributed by atoms with van der Waals surface area (Å²) in [4.78, 5) is 23.1. The third kappa shape index (κ3) is 4.29. The number of esters is 1. The van der Waals surface area contributed by atoms with E-state index in [9.17, 15) is 4.79 Å². The summed E-state index contributed by atoms with van der Waals surface area (Å²) in [6, 6.07) is 15.8. The average Bonchev–Trinajstić information content (AvgIpc) is 3.22. The van der Waals surface area contributed by atoms with Crippen molar-refractivity contribution in [1.82, 2.24) is 14.9 Å². The predicted octanol–water partition coefficient (Wildman–Crippen LogP) is 5.95. The summed E-state index contributed by atoms with van der Waals surface area (Å²) < 4.78 is 10.5. The molecule has 1 unspecified atom stereocenters. The number of nitrogens with one attached hydrogen (secondary N) is 1. The van der Waals surface area contributed by atoms with Crippen LogP contribution in [0.15, 0.2) is 60.9 Å². The van der Waals surface area contributed by atoms with Crippen LogP contribution in [0.1, 0.15) is 35.9 Å². The zero-order chi connectivity index (χ0) is 24.4. The summed E-state index contributed by atoms with van der Waals surface area (Å²) in [6.07, 6.45) is 3.71. The number of pyridine rings is 1. The first-order valence-electron chi connectivity index (χ1n) is 11.3. The highest BCUT2D eigenvalue weighted by atomic mass is 16.5. The lowest BCUT2D eigenvalue weighted by Crippen LogP contribution is -2.25. The molecule has 4 rings (SSSR count). The molecule has 2 aromatic heterocycles. The van der Waals surface area contributed by atoms with Gasteiger partial charge in [0.25, 0.3) is 0 Å². The van der Waals surface area contributed by atoms with Gasteiger partial charge in [-0.2, -0.15) is 0 Å². The molecule has 176 valence electrons. The van der Waals surface area contributed by atoms with Crippen molar-refractivity contribution in [3.05, 3.63) is 72.2 Å². The molecule has 0 radical (unpaired) electrons. The van der Waals surface area contributed by atoms with Gasteiger partial charge in [-0.1, -0.05) is 32.0 Å². The van der Waals surface area contributed by atoms with Crippen molar-refractivity contribution in [3.63, 3.8) is 0 Å². The maximum Gasteiger partial charge on any atom is 0.338 e. The normalized spacial score (nSPS) is 12.4. The molecule has 0 aliphatic rings. The molecule has 1 atom stereocenters. The number of benzene rings is 2. The number of H-pyrrole nitrogens is 1. The molecule has 0 bridgehead atoms. The Kier molecular flexibility index (Phi) is 6.70. The molecular formula is C28H31N3O3. The van der Waals surface area contributed by atoms with E-state index < -0.39 is 0 Å². The van der Waals surface area contributed by atoms with E-state index in [1.807, 2.05) is 54.9 Å². The Bertz CT molecular complexity index is 1320. The number of carbonyl (C=O) groups is 1. The van der Waals surface area contributed by atoms with Crippen LogP contribution in [0.3, 0.4) is 0 Å². The first kappa shape index (κ1) is 23.5. The molecule has 0 aliphatic heterocycles. The van der Waals surface area contributed by atoms with Crippen LogP contribution in [-0.2, 0) is 4.74 Å². The minimum atomic E-state index is -0.361. The molecule has 34 heavy (non-hydrogen) atoms. The fraction of sp³-hybridized carbons (Fsp3) is 0.286. The Morgan fingerprint density at radius 3 is 2.38 bits per heavy atom. The molecule has 6 nitrogen and oxygen atoms in total. The van der Waals surface area contributed by atoms with Gasteiger partial charge in [0.05, 0.1) is 25.8 Å². The Morgan fingerprint density at radius 2 is 1.71 bits per heavy atom. The number of carbonyl (C=O) groups excluding carboxylic acids is 1. The molecule has 0 saturated heterocycles. The third-order valence-corrected chi connectivity index (χ3v) is 6.17. The molecule has 0 saturated carbocycles. The largest absolute Gasteiger partial charge is 0.497 e. The lowest BCUT2D eigenvalue weighted by molar-refractivity contribution is 0.0603. The number of rotatable bonds is 7. The Morgan fingerprint density at radius 1 is 0.971 bits per heavy atom. The quantitative estimate of drug-likeness (QED) is 0.347. The molecule has 0 spiro atoms. The molecule has 2 aromatic carbocycles. The first-order valence-corrected chi connectivity index (χ1v) is 11.3. The van der Waals surface area contributed by atoms with Crippen LogP contribution in [0.4, 0.5) is 0 Å². The number of hydrogen-bond acceptors (Lipinski definition) is 5. The van der Waals surface area contributed by atoms with E-state index >= 15 is 0 Å². The van der Waals surface area contributed by atoms with Gasteiger partial charge in [-0.05, 0) is 55.9 Å².